The molecular weight excluding hydrogens is 574 g/mol. The topological polar surface area (TPSA) is 66.5 Å². The van der Waals surface area contributed by atoms with Crippen LogP contribution in [0.3, 0.4) is 0 Å². The fourth-order valence-electron chi connectivity index (χ4n) is 4.72. The van der Waals surface area contributed by atoms with Gasteiger partial charge in [0.25, 0.3) is 0 Å². The molecule has 206 valence electrons. The van der Waals surface area contributed by atoms with Crippen molar-refractivity contribution in [1.82, 2.24) is 0 Å². The molecular formula is C32H30BrNO6. The predicted molar refractivity (Wildman–Crippen MR) is 156 cm³/mol. The monoisotopic (exact) mass is 603 g/mol. The van der Waals surface area contributed by atoms with E-state index in [1.54, 1.807) is 19.1 Å². The molecule has 0 aromatic heterocycles. The van der Waals surface area contributed by atoms with Gasteiger partial charge in [-0.3, -0.25) is 4.90 Å². The molecule has 0 spiro atoms. The summed E-state index contributed by atoms with van der Waals surface area (Å²) in [7, 11) is 3.17. The van der Waals surface area contributed by atoms with Crippen LogP contribution < -0.4 is 19.1 Å². The first-order valence-electron chi connectivity index (χ1n) is 12.9. The van der Waals surface area contributed by atoms with Gasteiger partial charge in [-0.15, -0.1) is 0 Å². The Bertz CT molecular complexity index is 1430. The van der Waals surface area contributed by atoms with E-state index in [0.29, 0.717) is 29.5 Å². The van der Waals surface area contributed by atoms with Gasteiger partial charge in [0.05, 0.1) is 33.1 Å². The van der Waals surface area contributed by atoms with Gasteiger partial charge >= 0.3 is 6.09 Å². The summed E-state index contributed by atoms with van der Waals surface area (Å²) >= 11 is 3.55. The van der Waals surface area contributed by atoms with Gasteiger partial charge in [0.1, 0.15) is 24.5 Å². The quantitative estimate of drug-likeness (QED) is 0.199. The first-order valence-corrected chi connectivity index (χ1v) is 13.7. The number of methoxy groups -OCH3 is 2. The summed E-state index contributed by atoms with van der Waals surface area (Å²) < 4.78 is 30.4. The molecule has 1 heterocycles. The van der Waals surface area contributed by atoms with Gasteiger partial charge in [0, 0.05) is 4.47 Å². The molecule has 4 aromatic rings. The van der Waals surface area contributed by atoms with Crippen LogP contribution in [0, 0.1) is 0 Å². The van der Waals surface area contributed by atoms with Gasteiger partial charge in [-0.05, 0) is 47.0 Å². The maximum absolute atomic E-state index is 13.9. The fourth-order valence-corrected chi connectivity index (χ4v) is 5.06. The Morgan fingerprint density at radius 1 is 0.825 bits per heavy atom. The van der Waals surface area contributed by atoms with Crippen LogP contribution in [0.5, 0.6) is 17.2 Å². The number of anilines is 1. The highest BCUT2D eigenvalue weighted by molar-refractivity contribution is 9.10. The van der Waals surface area contributed by atoms with E-state index in [-0.39, 0.29) is 13.2 Å². The molecule has 0 saturated carbocycles. The molecule has 0 unspecified atom stereocenters. The highest BCUT2D eigenvalue weighted by Crippen LogP contribution is 2.45. The summed E-state index contributed by atoms with van der Waals surface area (Å²) in [5.74, 6) is 1.69. The third-order valence-electron chi connectivity index (χ3n) is 6.63. The van der Waals surface area contributed by atoms with Crippen molar-refractivity contribution < 1.29 is 28.5 Å². The average molecular weight is 604 g/mol. The number of benzene rings is 4. The Hall–Kier alpha value is -4.01. The number of halogens is 1. The Morgan fingerprint density at radius 3 is 2.17 bits per heavy atom. The van der Waals surface area contributed by atoms with E-state index in [2.05, 4.69) is 15.9 Å². The molecule has 8 heteroatoms. The summed E-state index contributed by atoms with van der Waals surface area (Å²) in [6, 6.07) is 30.1. The smallest absolute Gasteiger partial charge is 0.415 e. The molecule has 5 rings (SSSR count). The highest BCUT2D eigenvalue weighted by Gasteiger charge is 2.42. The minimum absolute atomic E-state index is 0.133. The van der Waals surface area contributed by atoms with E-state index in [4.69, 9.17) is 23.7 Å². The molecule has 40 heavy (non-hydrogen) atoms. The van der Waals surface area contributed by atoms with Gasteiger partial charge in [-0.25, -0.2) is 4.79 Å². The van der Waals surface area contributed by atoms with Gasteiger partial charge in [-0.2, -0.15) is 0 Å². The van der Waals surface area contributed by atoms with E-state index in [9.17, 15) is 4.79 Å². The van der Waals surface area contributed by atoms with Gasteiger partial charge in [0.2, 0.25) is 0 Å². The Kier molecular flexibility index (Phi) is 8.88. The third kappa shape index (κ3) is 6.24. The number of ether oxygens (including phenoxy) is 5. The summed E-state index contributed by atoms with van der Waals surface area (Å²) in [5.41, 5.74) is 3.31. The van der Waals surface area contributed by atoms with Gasteiger partial charge < -0.3 is 23.7 Å². The summed E-state index contributed by atoms with van der Waals surface area (Å²) in [5, 5.41) is 0. The minimum atomic E-state index is -0.583. The summed E-state index contributed by atoms with van der Waals surface area (Å²) in [4.78, 5) is 15.5. The van der Waals surface area contributed by atoms with Crippen molar-refractivity contribution in [2.45, 2.75) is 25.4 Å². The predicted octanol–water partition coefficient (Wildman–Crippen LogP) is 7.33. The van der Waals surface area contributed by atoms with Crippen LogP contribution in [-0.4, -0.2) is 33.0 Å². The lowest BCUT2D eigenvalue weighted by Gasteiger charge is -2.41. The number of carbonyl (C=O) groups excluding carboxylic acids is 1. The fraction of sp³-hybridized carbons (Fsp3) is 0.219. The number of carbonyl (C=O) groups is 1. The van der Waals surface area contributed by atoms with Crippen LogP contribution in [-0.2, 0) is 22.7 Å². The maximum Gasteiger partial charge on any atom is 0.415 e. The van der Waals surface area contributed by atoms with Crippen LogP contribution in [0.15, 0.2) is 102 Å². The molecule has 1 amide bonds. The van der Waals surface area contributed by atoms with Crippen LogP contribution in [0.4, 0.5) is 10.5 Å². The van der Waals surface area contributed by atoms with E-state index in [0.717, 1.165) is 21.2 Å². The lowest BCUT2D eigenvalue weighted by Crippen LogP contribution is -2.48. The number of rotatable bonds is 9. The second-order valence-corrected chi connectivity index (χ2v) is 10.2. The first kappa shape index (κ1) is 27.6. The number of hydrogen-bond donors (Lipinski definition) is 0. The van der Waals surface area contributed by atoms with Crippen molar-refractivity contribution in [1.29, 1.82) is 0 Å². The molecule has 0 radical (unpaired) electrons. The Morgan fingerprint density at radius 2 is 1.50 bits per heavy atom. The molecule has 1 aliphatic heterocycles. The minimum Gasteiger partial charge on any atom is -0.493 e. The SMILES string of the molecule is COc1ccc([C@H]2[C@H](COCc3ccccc3)Oc3ccc(Br)cc3N2C(=O)OCc2ccccc2)cc1OC. The second kappa shape index (κ2) is 12.9. The van der Waals surface area contributed by atoms with Gasteiger partial charge in [0.15, 0.2) is 11.5 Å². The van der Waals surface area contributed by atoms with Crippen molar-refractivity contribution >= 4 is 27.7 Å². The largest absolute Gasteiger partial charge is 0.493 e. The summed E-state index contributed by atoms with van der Waals surface area (Å²) in [6.45, 7) is 0.769. The molecule has 0 fully saturated rings. The molecule has 7 nitrogen and oxygen atoms in total. The van der Waals surface area contributed by atoms with Crippen molar-refractivity contribution in [2.75, 3.05) is 25.7 Å². The van der Waals surface area contributed by atoms with Crippen LogP contribution in [0.2, 0.25) is 0 Å². The molecule has 0 aliphatic carbocycles. The van der Waals surface area contributed by atoms with E-state index in [1.165, 1.54) is 0 Å². The molecule has 0 saturated heterocycles. The number of fused-ring (bicyclic) bond motifs is 1. The Labute approximate surface area is 242 Å². The zero-order chi connectivity index (χ0) is 27.9. The van der Waals surface area contributed by atoms with Gasteiger partial charge in [-0.1, -0.05) is 82.7 Å². The van der Waals surface area contributed by atoms with Crippen molar-refractivity contribution in [3.05, 3.63) is 118 Å². The second-order valence-electron chi connectivity index (χ2n) is 9.24. The average Bonchev–Trinajstić information content (AvgIpc) is 3.00. The zero-order valence-corrected chi connectivity index (χ0v) is 23.9. The zero-order valence-electron chi connectivity index (χ0n) is 22.3. The number of hydrogen-bond acceptors (Lipinski definition) is 6. The number of nitrogens with zero attached hydrogens (tertiary/aromatic N) is 1. The maximum atomic E-state index is 13.9. The Balaban J connectivity index is 1.52. The molecule has 2 atom stereocenters. The molecule has 0 bridgehead atoms. The highest BCUT2D eigenvalue weighted by atomic mass is 79.9. The lowest BCUT2D eigenvalue weighted by atomic mass is 9.96. The third-order valence-corrected chi connectivity index (χ3v) is 7.13. The van der Waals surface area contributed by atoms with Crippen molar-refractivity contribution in [3.8, 4) is 17.2 Å². The van der Waals surface area contributed by atoms with Crippen LogP contribution in [0.1, 0.15) is 22.7 Å². The van der Waals surface area contributed by atoms with Crippen molar-refractivity contribution in [2.24, 2.45) is 0 Å². The van der Waals surface area contributed by atoms with Crippen LogP contribution >= 0.6 is 15.9 Å². The molecule has 0 N–H and O–H groups in total. The van der Waals surface area contributed by atoms with Crippen LogP contribution in [0.25, 0.3) is 0 Å². The first-order chi connectivity index (χ1) is 19.6. The van der Waals surface area contributed by atoms with E-state index in [1.807, 2.05) is 97.1 Å². The summed E-state index contributed by atoms with van der Waals surface area (Å²) in [6.07, 6.45) is -1.04. The number of amides is 1. The normalized spacial score (nSPS) is 16.0. The lowest BCUT2D eigenvalue weighted by molar-refractivity contribution is 0.0210. The van der Waals surface area contributed by atoms with Crippen molar-refractivity contribution in [3.63, 3.8) is 0 Å². The molecule has 4 aromatic carbocycles. The van der Waals surface area contributed by atoms with E-state index >= 15 is 0 Å². The van der Waals surface area contributed by atoms with E-state index < -0.39 is 18.2 Å². The molecule has 1 aliphatic rings. The standard InChI is InChI=1S/C32H30BrNO6/c1-36-28-15-13-24(17-29(28)37-2)31-30(21-38-19-22-9-5-3-6-10-22)40-27-16-14-25(33)18-26(27)34(31)32(35)39-20-23-11-7-4-8-12-23/h3-18,30-31H,19-21H2,1-2H3/t30-,31-/m0/s1.